The third kappa shape index (κ3) is 3.01. The van der Waals surface area contributed by atoms with Gasteiger partial charge in [-0.2, -0.15) is 0 Å². The molecule has 3 nitrogen and oxygen atoms in total. The van der Waals surface area contributed by atoms with E-state index in [-0.39, 0.29) is 11.7 Å². The van der Waals surface area contributed by atoms with Crippen molar-refractivity contribution in [3.8, 4) is 0 Å². The number of amides is 1. The Balaban J connectivity index is 2.34. The van der Waals surface area contributed by atoms with Crippen molar-refractivity contribution in [2.45, 2.75) is 6.92 Å². The van der Waals surface area contributed by atoms with Gasteiger partial charge >= 0.3 is 0 Å². The molecular formula is C15H12ClNO2. The van der Waals surface area contributed by atoms with Crippen LogP contribution in [0.1, 0.15) is 27.6 Å². The van der Waals surface area contributed by atoms with Gasteiger partial charge in [0.15, 0.2) is 5.78 Å². The molecule has 0 saturated heterocycles. The van der Waals surface area contributed by atoms with E-state index in [2.05, 4.69) is 5.32 Å². The van der Waals surface area contributed by atoms with Gasteiger partial charge < -0.3 is 5.32 Å². The summed E-state index contributed by atoms with van der Waals surface area (Å²) in [5.41, 5.74) is 1.26. The maximum atomic E-state index is 12.1. The fourth-order valence-corrected chi connectivity index (χ4v) is 1.94. The lowest BCUT2D eigenvalue weighted by molar-refractivity contribution is 0.101. The normalized spacial score (nSPS) is 10.0. The van der Waals surface area contributed by atoms with Crippen LogP contribution in [0.15, 0.2) is 48.5 Å². The topological polar surface area (TPSA) is 46.2 Å². The Morgan fingerprint density at radius 3 is 2.32 bits per heavy atom. The molecule has 0 saturated carbocycles. The first kappa shape index (κ1) is 13.3. The lowest BCUT2D eigenvalue weighted by Gasteiger charge is -2.11. The van der Waals surface area contributed by atoms with Crippen molar-refractivity contribution in [1.29, 1.82) is 0 Å². The van der Waals surface area contributed by atoms with Crippen molar-refractivity contribution in [2.75, 3.05) is 5.32 Å². The third-order valence-electron chi connectivity index (χ3n) is 2.67. The van der Waals surface area contributed by atoms with E-state index in [9.17, 15) is 9.59 Å². The highest BCUT2D eigenvalue weighted by Crippen LogP contribution is 2.26. The van der Waals surface area contributed by atoms with Crippen LogP contribution in [0.2, 0.25) is 5.02 Å². The van der Waals surface area contributed by atoms with Crippen molar-refractivity contribution < 1.29 is 9.59 Å². The molecule has 96 valence electrons. The second-order valence-corrected chi connectivity index (χ2v) is 4.45. The molecule has 0 aliphatic heterocycles. The third-order valence-corrected chi connectivity index (χ3v) is 2.98. The van der Waals surface area contributed by atoms with Gasteiger partial charge in [-0.15, -0.1) is 0 Å². The Bertz CT molecular complexity index is 623. The minimum absolute atomic E-state index is 0.147. The molecule has 2 aromatic rings. The number of nitrogens with one attached hydrogen (secondary N) is 1. The van der Waals surface area contributed by atoms with Crippen LogP contribution >= 0.6 is 11.6 Å². The maximum Gasteiger partial charge on any atom is 0.255 e. The summed E-state index contributed by atoms with van der Waals surface area (Å²) in [6, 6.07) is 13.7. The van der Waals surface area contributed by atoms with Crippen molar-refractivity contribution in [3.05, 3.63) is 64.7 Å². The van der Waals surface area contributed by atoms with Crippen LogP contribution in [0.25, 0.3) is 0 Å². The molecule has 2 aromatic carbocycles. The van der Waals surface area contributed by atoms with Crippen LogP contribution in [0.4, 0.5) is 5.69 Å². The smallest absolute Gasteiger partial charge is 0.255 e. The van der Waals surface area contributed by atoms with Gasteiger partial charge in [-0.05, 0) is 31.2 Å². The van der Waals surface area contributed by atoms with E-state index < -0.39 is 0 Å². The van der Waals surface area contributed by atoms with E-state index in [0.717, 1.165) is 0 Å². The SMILES string of the molecule is CC(=O)c1cccc(Cl)c1NC(=O)c1ccccc1. The minimum atomic E-state index is -0.295. The predicted molar refractivity (Wildman–Crippen MR) is 75.9 cm³/mol. The van der Waals surface area contributed by atoms with Gasteiger partial charge in [0.2, 0.25) is 0 Å². The number of carbonyl (C=O) groups excluding carboxylic acids is 2. The molecule has 1 amide bonds. The Hall–Kier alpha value is -2.13. The zero-order valence-corrected chi connectivity index (χ0v) is 11.1. The number of anilines is 1. The highest BCUT2D eigenvalue weighted by atomic mass is 35.5. The summed E-state index contributed by atoms with van der Waals surface area (Å²) in [5.74, 6) is -0.443. The molecular weight excluding hydrogens is 262 g/mol. The molecule has 0 aromatic heterocycles. The quantitative estimate of drug-likeness (QED) is 0.865. The first-order chi connectivity index (χ1) is 9.09. The number of hydrogen-bond acceptors (Lipinski definition) is 2. The Labute approximate surface area is 116 Å². The number of hydrogen-bond donors (Lipinski definition) is 1. The van der Waals surface area contributed by atoms with Crippen molar-refractivity contribution in [2.24, 2.45) is 0 Å². The molecule has 0 bridgehead atoms. The van der Waals surface area contributed by atoms with E-state index in [4.69, 9.17) is 11.6 Å². The molecule has 0 aliphatic carbocycles. The van der Waals surface area contributed by atoms with Crippen LogP contribution in [0, 0.1) is 0 Å². The second-order valence-electron chi connectivity index (χ2n) is 4.04. The molecule has 19 heavy (non-hydrogen) atoms. The predicted octanol–water partition coefficient (Wildman–Crippen LogP) is 3.79. The Morgan fingerprint density at radius 1 is 1.00 bits per heavy atom. The summed E-state index contributed by atoms with van der Waals surface area (Å²) >= 11 is 6.04. The largest absolute Gasteiger partial charge is 0.320 e. The van der Waals surface area contributed by atoms with Crippen LogP contribution in [-0.2, 0) is 0 Å². The summed E-state index contributed by atoms with van der Waals surface area (Å²) < 4.78 is 0. The standard InChI is InChI=1S/C15H12ClNO2/c1-10(18)12-8-5-9-13(16)14(12)17-15(19)11-6-3-2-4-7-11/h2-9H,1H3,(H,17,19). The van der Waals surface area contributed by atoms with E-state index in [0.29, 0.717) is 21.8 Å². The van der Waals surface area contributed by atoms with Gasteiger partial charge in [0.25, 0.3) is 5.91 Å². The molecule has 1 N–H and O–H groups in total. The highest BCUT2D eigenvalue weighted by Gasteiger charge is 2.14. The fraction of sp³-hybridized carbons (Fsp3) is 0.0667. The molecule has 0 fully saturated rings. The number of rotatable bonds is 3. The van der Waals surface area contributed by atoms with E-state index in [1.54, 1.807) is 42.5 Å². The lowest BCUT2D eigenvalue weighted by Crippen LogP contribution is -2.14. The fourth-order valence-electron chi connectivity index (χ4n) is 1.72. The zero-order chi connectivity index (χ0) is 13.8. The first-order valence-corrected chi connectivity index (χ1v) is 6.13. The van der Waals surface area contributed by atoms with Crippen LogP contribution in [0.3, 0.4) is 0 Å². The second kappa shape index (κ2) is 5.67. The minimum Gasteiger partial charge on any atom is -0.320 e. The van der Waals surface area contributed by atoms with Gasteiger partial charge in [-0.1, -0.05) is 35.9 Å². The van der Waals surface area contributed by atoms with Crippen molar-refractivity contribution in [1.82, 2.24) is 0 Å². The summed E-state index contributed by atoms with van der Waals surface area (Å²) in [6.07, 6.45) is 0. The van der Waals surface area contributed by atoms with E-state index >= 15 is 0 Å². The van der Waals surface area contributed by atoms with Crippen molar-refractivity contribution >= 4 is 29.0 Å². The molecule has 0 aliphatic rings. The number of para-hydroxylation sites is 1. The van der Waals surface area contributed by atoms with Crippen LogP contribution < -0.4 is 5.32 Å². The van der Waals surface area contributed by atoms with Crippen molar-refractivity contribution in [3.63, 3.8) is 0 Å². The molecule has 2 rings (SSSR count). The van der Waals surface area contributed by atoms with E-state index in [1.807, 2.05) is 6.07 Å². The average molecular weight is 274 g/mol. The average Bonchev–Trinajstić information content (AvgIpc) is 2.41. The Kier molecular flexibility index (Phi) is 3.97. The lowest BCUT2D eigenvalue weighted by atomic mass is 10.1. The Morgan fingerprint density at radius 2 is 1.68 bits per heavy atom. The summed E-state index contributed by atoms with van der Waals surface area (Å²) in [5, 5.41) is 3.03. The number of carbonyl (C=O) groups is 2. The monoisotopic (exact) mass is 273 g/mol. The van der Waals surface area contributed by atoms with Crippen LogP contribution in [0.5, 0.6) is 0 Å². The van der Waals surface area contributed by atoms with Gasteiger partial charge in [0.05, 0.1) is 10.7 Å². The molecule has 0 radical (unpaired) electrons. The van der Waals surface area contributed by atoms with Gasteiger partial charge in [0, 0.05) is 11.1 Å². The van der Waals surface area contributed by atoms with Gasteiger partial charge in [-0.3, -0.25) is 9.59 Å². The van der Waals surface area contributed by atoms with Gasteiger partial charge in [0.1, 0.15) is 0 Å². The van der Waals surface area contributed by atoms with E-state index in [1.165, 1.54) is 6.92 Å². The molecule has 0 spiro atoms. The number of Topliss-reactive ketones (excluding diaryl/α,β-unsaturated/α-hetero) is 1. The number of benzene rings is 2. The summed E-state index contributed by atoms with van der Waals surface area (Å²) in [7, 11) is 0. The number of halogens is 1. The summed E-state index contributed by atoms with van der Waals surface area (Å²) in [4.78, 5) is 23.6. The maximum absolute atomic E-state index is 12.1. The molecule has 0 unspecified atom stereocenters. The molecule has 0 heterocycles. The highest BCUT2D eigenvalue weighted by molar-refractivity contribution is 6.35. The van der Waals surface area contributed by atoms with Gasteiger partial charge in [-0.25, -0.2) is 0 Å². The number of ketones is 1. The van der Waals surface area contributed by atoms with Crippen LogP contribution in [-0.4, -0.2) is 11.7 Å². The molecule has 4 heteroatoms. The molecule has 0 atom stereocenters. The zero-order valence-electron chi connectivity index (χ0n) is 10.3. The first-order valence-electron chi connectivity index (χ1n) is 5.75. The summed E-state index contributed by atoms with van der Waals surface area (Å²) in [6.45, 7) is 1.43.